The van der Waals surface area contributed by atoms with Gasteiger partial charge in [-0.05, 0) is 96.3 Å². The van der Waals surface area contributed by atoms with Crippen LogP contribution in [-0.4, -0.2) is 37.2 Å². The zero-order chi connectivity index (χ0) is 56.4. The molecule has 6 heteroatoms. The molecule has 0 spiro atoms. The third-order valence-electron chi connectivity index (χ3n) is 15.5. The number of carbonyl (C=O) groups is 3. The van der Waals surface area contributed by atoms with Crippen molar-refractivity contribution in [2.75, 3.05) is 13.2 Å². The molecule has 0 rings (SSSR count). The van der Waals surface area contributed by atoms with Gasteiger partial charge in [0.25, 0.3) is 0 Å². The maximum absolute atomic E-state index is 12.9. The van der Waals surface area contributed by atoms with Crippen molar-refractivity contribution in [3.63, 3.8) is 0 Å². The van der Waals surface area contributed by atoms with E-state index in [0.717, 1.165) is 77.0 Å². The summed E-state index contributed by atoms with van der Waals surface area (Å²) in [5.74, 6) is -0.863. The van der Waals surface area contributed by atoms with Gasteiger partial charge in [0.05, 0.1) is 0 Å². The minimum absolute atomic E-state index is 0.0730. The van der Waals surface area contributed by atoms with Gasteiger partial charge in [0.15, 0.2) is 6.10 Å². The fourth-order valence-electron chi connectivity index (χ4n) is 10.3. The van der Waals surface area contributed by atoms with Crippen LogP contribution in [0.4, 0.5) is 0 Å². The van der Waals surface area contributed by atoms with Gasteiger partial charge in [-0.2, -0.15) is 0 Å². The maximum atomic E-state index is 12.9. The van der Waals surface area contributed by atoms with Gasteiger partial charge < -0.3 is 14.2 Å². The van der Waals surface area contributed by atoms with Gasteiger partial charge in [0, 0.05) is 19.3 Å². The Bertz CT molecular complexity index is 1350. The van der Waals surface area contributed by atoms with Crippen LogP contribution in [0.1, 0.15) is 374 Å². The van der Waals surface area contributed by atoms with Crippen molar-refractivity contribution >= 4 is 17.9 Å². The van der Waals surface area contributed by atoms with Crippen LogP contribution in [0.15, 0.2) is 48.6 Å². The van der Waals surface area contributed by atoms with Crippen molar-refractivity contribution in [1.82, 2.24) is 0 Å². The number of rotatable bonds is 64. The molecule has 0 aromatic rings. The zero-order valence-corrected chi connectivity index (χ0v) is 52.5. The van der Waals surface area contributed by atoms with Crippen LogP contribution in [0, 0.1) is 0 Å². The van der Waals surface area contributed by atoms with Crippen LogP contribution < -0.4 is 0 Å². The smallest absolute Gasteiger partial charge is 0.306 e. The molecule has 1 atom stereocenters. The summed E-state index contributed by atoms with van der Waals surface area (Å²) < 4.78 is 16.9. The van der Waals surface area contributed by atoms with Crippen molar-refractivity contribution in [3.05, 3.63) is 48.6 Å². The van der Waals surface area contributed by atoms with E-state index in [2.05, 4.69) is 69.4 Å². The van der Waals surface area contributed by atoms with E-state index in [4.69, 9.17) is 14.2 Å². The number of unbranched alkanes of at least 4 members (excludes halogenated alkanes) is 45. The van der Waals surface area contributed by atoms with E-state index in [1.165, 1.54) is 257 Å². The molecule has 0 heterocycles. The molecule has 6 nitrogen and oxygen atoms in total. The molecule has 0 aliphatic carbocycles. The molecule has 0 amide bonds. The number of carbonyl (C=O) groups excluding carboxylic acids is 3. The average Bonchev–Trinajstić information content (AvgIpc) is 3.44. The lowest BCUT2D eigenvalue weighted by molar-refractivity contribution is -0.167. The Labute approximate surface area is 486 Å². The van der Waals surface area contributed by atoms with Gasteiger partial charge >= 0.3 is 17.9 Å². The first-order valence-corrected chi connectivity index (χ1v) is 34.6. The number of allylic oxidation sites excluding steroid dienone is 8. The molecule has 0 bridgehead atoms. The lowest BCUT2D eigenvalue weighted by atomic mass is 10.0. The van der Waals surface area contributed by atoms with Crippen LogP contribution in [0.2, 0.25) is 0 Å². The van der Waals surface area contributed by atoms with Gasteiger partial charge in [0.1, 0.15) is 13.2 Å². The summed E-state index contributed by atoms with van der Waals surface area (Å²) in [6.45, 7) is 6.62. The lowest BCUT2D eigenvalue weighted by Gasteiger charge is -2.18. The molecule has 78 heavy (non-hydrogen) atoms. The Morgan fingerprint density at radius 2 is 0.487 bits per heavy atom. The first kappa shape index (κ1) is 75.4. The number of ether oxygens (including phenoxy) is 3. The van der Waals surface area contributed by atoms with Gasteiger partial charge in [-0.15, -0.1) is 0 Å². The van der Waals surface area contributed by atoms with E-state index in [1.54, 1.807) is 0 Å². The van der Waals surface area contributed by atoms with E-state index in [0.29, 0.717) is 19.3 Å². The highest BCUT2D eigenvalue weighted by atomic mass is 16.6. The quantitative estimate of drug-likeness (QED) is 0.0261. The van der Waals surface area contributed by atoms with Crippen molar-refractivity contribution in [1.29, 1.82) is 0 Å². The molecule has 456 valence electrons. The first-order valence-electron chi connectivity index (χ1n) is 34.6. The molecule has 1 unspecified atom stereocenters. The average molecular weight is 1090 g/mol. The van der Waals surface area contributed by atoms with Crippen LogP contribution >= 0.6 is 0 Å². The van der Waals surface area contributed by atoms with Crippen LogP contribution in [0.25, 0.3) is 0 Å². The van der Waals surface area contributed by atoms with E-state index >= 15 is 0 Å². The monoisotopic (exact) mass is 1090 g/mol. The molecule has 0 aromatic heterocycles. The van der Waals surface area contributed by atoms with Crippen molar-refractivity contribution in [2.24, 2.45) is 0 Å². The van der Waals surface area contributed by atoms with Crippen LogP contribution in [-0.2, 0) is 28.6 Å². The largest absolute Gasteiger partial charge is 0.462 e. The molecule has 0 fully saturated rings. The second-order valence-electron chi connectivity index (χ2n) is 23.4. The number of hydrogen-bond acceptors (Lipinski definition) is 6. The Hall–Kier alpha value is -2.63. The standard InChI is InChI=1S/C72H132O6/c1-4-7-10-13-16-19-22-24-26-28-30-32-34-36-38-40-42-44-46-48-50-53-56-59-62-65-71(74)77-68-69(67-76-70(73)64-61-58-55-52-21-18-15-12-9-6-3)78-72(75)66-63-60-57-54-51-49-47-45-43-41-39-37-35-33-31-29-27-25-23-20-17-14-11-8-5-2/h12,15,22,24,28-31,69H,4-11,13-14,16-21,23,25-27,32-68H2,1-3H3/b15-12-,24-22-,30-28-,31-29-. The predicted octanol–water partition coefficient (Wildman–Crippen LogP) is 23.7. The fraction of sp³-hybridized carbons (Fsp3) is 0.847. The molecule has 0 saturated heterocycles. The van der Waals surface area contributed by atoms with Crippen molar-refractivity contribution in [3.8, 4) is 0 Å². The van der Waals surface area contributed by atoms with Crippen LogP contribution in [0.3, 0.4) is 0 Å². The Balaban J connectivity index is 4.17. The molecule has 0 N–H and O–H groups in total. The number of esters is 3. The summed E-state index contributed by atoms with van der Waals surface area (Å²) in [6, 6.07) is 0. The normalized spacial score (nSPS) is 12.3. The molecule has 0 aliphatic heterocycles. The summed E-state index contributed by atoms with van der Waals surface area (Å²) in [7, 11) is 0. The minimum atomic E-state index is -0.776. The maximum Gasteiger partial charge on any atom is 0.306 e. The van der Waals surface area contributed by atoms with Gasteiger partial charge in [-0.25, -0.2) is 0 Å². The van der Waals surface area contributed by atoms with E-state index in [-0.39, 0.29) is 31.1 Å². The summed E-state index contributed by atoms with van der Waals surface area (Å²) in [5, 5.41) is 0. The summed E-state index contributed by atoms with van der Waals surface area (Å²) in [6.07, 6.45) is 84.3. The highest BCUT2D eigenvalue weighted by molar-refractivity contribution is 5.71. The van der Waals surface area contributed by atoms with Gasteiger partial charge in [-0.3, -0.25) is 14.4 Å². The second kappa shape index (κ2) is 66.9. The highest BCUT2D eigenvalue weighted by Crippen LogP contribution is 2.18. The molecule has 0 radical (unpaired) electrons. The van der Waals surface area contributed by atoms with E-state index in [1.807, 2.05) is 0 Å². The Kier molecular flexibility index (Phi) is 64.6. The van der Waals surface area contributed by atoms with E-state index in [9.17, 15) is 14.4 Å². The molecule has 0 aliphatic rings. The number of hydrogen-bond donors (Lipinski definition) is 0. The van der Waals surface area contributed by atoms with E-state index < -0.39 is 6.10 Å². The predicted molar refractivity (Wildman–Crippen MR) is 339 cm³/mol. The topological polar surface area (TPSA) is 78.9 Å². The van der Waals surface area contributed by atoms with Gasteiger partial charge in [0.2, 0.25) is 0 Å². The molecular weight excluding hydrogens is 961 g/mol. The third-order valence-corrected chi connectivity index (χ3v) is 15.5. The minimum Gasteiger partial charge on any atom is -0.462 e. The second-order valence-corrected chi connectivity index (χ2v) is 23.4. The lowest BCUT2D eigenvalue weighted by Crippen LogP contribution is -2.30. The van der Waals surface area contributed by atoms with Crippen molar-refractivity contribution in [2.45, 2.75) is 380 Å². The highest BCUT2D eigenvalue weighted by Gasteiger charge is 2.19. The van der Waals surface area contributed by atoms with Crippen LogP contribution in [0.5, 0.6) is 0 Å². The first-order chi connectivity index (χ1) is 38.5. The SMILES string of the molecule is CCC/C=C\CCCCCCCC(=O)OCC(COC(=O)CCCCCCCCCCCCCCC/C=C\C/C=C\CCCCCCC)OC(=O)CCCCCCCCCCCCCCC/C=C\CCCCCCCCCC. The molecule has 0 saturated carbocycles. The fourth-order valence-corrected chi connectivity index (χ4v) is 10.3. The Morgan fingerprint density at radius 1 is 0.256 bits per heavy atom. The molecule has 0 aromatic carbocycles. The zero-order valence-electron chi connectivity index (χ0n) is 52.5. The summed E-state index contributed by atoms with van der Waals surface area (Å²) in [5.41, 5.74) is 0. The van der Waals surface area contributed by atoms with Crippen molar-refractivity contribution < 1.29 is 28.6 Å². The summed E-state index contributed by atoms with van der Waals surface area (Å²) >= 11 is 0. The molecular formula is C72H132O6. The van der Waals surface area contributed by atoms with Gasteiger partial charge in [-0.1, -0.05) is 307 Å². The Morgan fingerprint density at radius 3 is 0.769 bits per heavy atom. The third kappa shape index (κ3) is 64.2. The summed E-state index contributed by atoms with van der Waals surface area (Å²) in [4.78, 5) is 38.3.